The van der Waals surface area contributed by atoms with Gasteiger partial charge in [-0.2, -0.15) is 0 Å². The third-order valence-corrected chi connectivity index (χ3v) is 4.03. The van der Waals surface area contributed by atoms with Gasteiger partial charge in [-0.05, 0) is 25.0 Å². The van der Waals surface area contributed by atoms with E-state index in [9.17, 15) is 0 Å². The third kappa shape index (κ3) is 2.61. The first-order valence-electron chi connectivity index (χ1n) is 5.70. The number of anilines is 1. The first-order valence-corrected chi connectivity index (χ1v) is 6.62. The number of rotatable bonds is 3. The molecule has 16 heavy (non-hydrogen) atoms. The third-order valence-electron chi connectivity index (χ3n) is 3.21. The Labute approximate surface area is 106 Å². The second-order valence-electron chi connectivity index (χ2n) is 4.43. The number of hydrogen-bond acceptors (Lipinski definition) is 2. The summed E-state index contributed by atoms with van der Waals surface area (Å²) in [5.41, 5.74) is -0.0161. The molecule has 0 radical (unpaired) electrons. The largest absolute Gasteiger partial charge is 0.362 e. The van der Waals surface area contributed by atoms with E-state index in [2.05, 4.69) is 10.3 Å². The highest BCUT2D eigenvalue weighted by Crippen LogP contribution is 2.33. The lowest BCUT2D eigenvalue weighted by Gasteiger charge is -2.37. The first kappa shape index (κ1) is 12.0. The van der Waals surface area contributed by atoms with Gasteiger partial charge in [-0.25, -0.2) is 4.98 Å². The molecule has 1 aliphatic carbocycles. The minimum absolute atomic E-state index is 0.0161. The molecule has 4 heteroatoms. The van der Waals surface area contributed by atoms with Crippen LogP contribution in [0.4, 0.5) is 5.82 Å². The zero-order valence-corrected chi connectivity index (χ0v) is 10.7. The van der Waals surface area contributed by atoms with Crippen molar-refractivity contribution < 1.29 is 0 Å². The fourth-order valence-corrected chi connectivity index (χ4v) is 2.75. The van der Waals surface area contributed by atoms with Gasteiger partial charge in [-0.3, -0.25) is 0 Å². The predicted octanol–water partition coefficient (Wildman–Crippen LogP) is 4.09. The average Bonchev–Trinajstić information content (AvgIpc) is 2.33. The van der Waals surface area contributed by atoms with Gasteiger partial charge >= 0.3 is 0 Å². The molecule has 0 atom stereocenters. The predicted molar refractivity (Wildman–Crippen MR) is 69.4 cm³/mol. The van der Waals surface area contributed by atoms with E-state index in [0.29, 0.717) is 10.9 Å². The van der Waals surface area contributed by atoms with Gasteiger partial charge in [0.1, 0.15) is 5.82 Å². The minimum atomic E-state index is -0.0161. The van der Waals surface area contributed by atoms with Gasteiger partial charge in [-0.1, -0.05) is 30.9 Å². The van der Waals surface area contributed by atoms with E-state index in [4.69, 9.17) is 23.2 Å². The summed E-state index contributed by atoms with van der Waals surface area (Å²) in [4.78, 5) is 4.26. The highest BCUT2D eigenvalue weighted by Gasteiger charge is 2.31. The van der Waals surface area contributed by atoms with E-state index in [1.54, 1.807) is 6.20 Å². The second-order valence-corrected chi connectivity index (χ2v) is 5.11. The molecule has 2 nitrogen and oxygen atoms in total. The van der Waals surface area contributed by atoms with E-state index < -0.39 is 0 Å². The second kappa shape index (κ2) is 5.24. The lowest BCUT2D eigenvalue weighted by atomic mass is 9.83. The van der Waals surface area contributed by atoms with Gasteiger partial charge in [-0.15, -0.1) is 11.6 Å². The molecule has 0 amide bonds. The summed E-state index contributed by atoms with van der Waals surface area (Å²) < 4.78 is 0. The van der Waals surface area contributed by atoms with E-state index in [-0.39, 0.29) is 5.54 Å². The van der Waals surface area contributed by atoms with Crippen LogP contribution in [0.3, 0.4) is 0 Å². The highest BCUT2D eigenvalue weighted by atomic mass is 35.5. The van der Waals surface area contributed by atoms with Crippen molar-refractivity contribution in [1.82, 2.24) is 4.98 Å². The highest BCUT2D eigenvalue weighted by molar-refractivity contribution is 6.32. The number of nitrogens with zero attached hydrogens (tertiary/aromatic N) is 1. The van der Waals surface area contributed by atoms with Crippen molar-refractivity contribution in [3.63, 3.8) is 0 Å². The minimum Gasteiger partial charge on any atom is -0.362 e. The summed E-state index contributed by atoms with van der Waals surface area (Å²) in [5.74, 6) is 1.37. The fraction of sp³-hybridized carbons (Fsp3) is 0.583. The molecule has 1 aliphatic rings. The Morgan fingerprint density at radius 1 is 1.31 bits per heavy atom. The molecule has 0 bridgehead atoms. The molecule has 0 spiro atoms. The molecule has 0 unspecified atom stereocenters. The van der Waals surface area contributed by atoms with Crippen LogP contribution in [0.5, 0.6) is 0 Å². The van der Waals surface area contributed by atoms with Crippen LogP contribution in [-0.2, 0) is 0 Å². The molecular formula is C12H16Cl2N2. The van der Waals surface area contributed by atoms with Crippen LogP contribution in [0, 0.1) is 0 Å². The Hall–Kier alpha value is -0.470. The quantitative estimate of drug-likeness (QED) is 0.827. The van der Waals surface area contributed by atoms with Gasteiger partial charge in [0.15, 0.2) is 0 Å². The number of aromatic nitrogens is 1. The SMILES string of the molecule is ClCC1(Nc2ncccc2Cl)CCCCC1. The van der Waals surface area contributed by atoms with Crippen LogP contribution in [0.1, 0.15) is 32.1 Å². The van der Waals surface area contributed by atoms with Crippen molar-refractivity contribution >= 4 is 29.0 Å². The van der Waals surface area contributed by atoms with Crippen LogP contribution in [0.2, 0.25) is 5.02 Å². The van der Waals surface area contributed by atoms with Crippen LogP contribution < -0.4 is 5.32 Å². The lowest BCUT2D eigenvalue weighted by molar-refractivity contribution is 0.352. The van der Waals surface area contributed by atoms with Gasteiger partial charge in [0.2, 0.25) is 0 Å². The van der Waals surface area contributed by atoms with Gasteiger partial charge < -0.3 is 5.32 Å². The Morgan fingerprint density at radius 3 is 2.69 bits per heavy atom. The Balaban J connectivity index is 2.15. The zero-order chi connectivity index (χ0) is 11.4. The summed E-state index contributed by atoms with van der Waals surface area (Å²) in [6.45, 7) is 0. The average molecular weight is 259 g/mol. The standard InChI is InChI=1S/C12H16Cl2N2/c13-9-12(6-2-1-3-7-12)16-11-10(14)5-4-8-15-11/h4-5,8H,1-3,6-7,9H2,(H,15,16). The van der Waals surface area contributed by atoms with E-state index >= 15 is 0 Å². The molecule has 1 aromatic heterocycles. The molecule has 1 N–H and O–H groups in total. The normalized spacial score (nSPS) is 19.4. The maximum Gasteiger partial charge on any atom is 0.145 e. The van der Waals surface area contributed by atoms with Crippen molar-refractivity contribution in [2.75, 3.05) is 11.2 Å². The molecular weight excluding hydrogens is 243 g/mol. The number of alkyl halides is 1. The van der Waals surface area contributed by atoms with Crippen LogP contribution in [-0.4, -0.2) is 16.4 Å². The lowest BCUT2D eigenvalue weighted by Crippen LogP contribution is -2.42. The topological polar surface area (TPSA) is 24.9 Å². The van der Waals surface area contributed by atoms with Crippen LogP contribution in [0.25, 0.3) is 0 Å². The smallest absolute Gasteiger partial charge is 0.145 e. The fourth-order valence-electron chi connectivity index (χ4n) is 2.25. The summed E-state index contributed by atoms with van der Waals surface area (Å²) in [6.07, 6.45) is 7.70. The molecule has 2 rings (SSSR count). The van der Waals surface area contributed by atoms with E-state index in [1.807, 2.05) is 12.1 Å². The van der Waals surface area contributed by atoms with Crippen molar-refractivity contribution in [2.24, 2.45) is 0 Å². The first-order chi connectivity index (χ1) is 7.76. The van der Waals surface area contributed by atoms with Crippen molar-refractivity contribution in [3.05, 3.63) is 23.4 Å². The molecule has 1 heterocycles. The molecule has 1 aromatic rings. The van der Waals surface area contributed by atoms with Crippen molar-refractivity contribution in [1.29, 1.82) is 0 Å². The Morgan fingerprint density at radius 2 is 2.06 bits per heavy atom. The van der Waals surface area contributed by atoms with Crippen molar-refractivity contribution in [3.8, 4) is 0 Å². The van der Waals surface area contributed by atoms with E-state index in [1.165, 1.54) is 19.3 Å². The summed E-state index contributed by atoms with van der Waals surface area (Å²) >= 11 is 12.2. The maximum absolute atomic E-state index is 6.11. The van der Waals surface area contributed by atoms with Crippen molar-refractivity contribution in [2.45, 2.75) is 37.6 Å². The molecule has 1 saturated carbocycles. The van der Waals surface area contributed by atoms with E-state index in [0.717, 1.165) is 18.7 Å². The number of hydrogen-bond donors (Lipinski definition) is 1. The number of halogens is 2. The number of nitrogens with one attached hydrogen (secondary N) is 1. The van der Waals surface area contributed by atoms with Crippen LogP contribution >= 0.6 is 23.2 Å². The zero-order valence-electron chi connectivity index (χ0n) is 9.18. The molecule has 0 aliphatic heterocycles. The van der Waals surface area contributed by atoms with Crippen LogP contribution in [0.15, 0.2) is 18.3 Å². The van der Waals surface area contributed by atoms with Gasteiger partial charge in [0, 0.05) is 12.1 Å². The Bertz CT molecular complexity index is 349. The monoisotopic (exact) mass is 258 g/mol. The Kier molecular flexibility index (Phi) is 3.93. The molecule has 0 aromatic carbocycles. The maximum atomic E-state index is 6.11. The van der Waals surface area contributed by atoms with Gasteiger partial charge in [0.05, 0.1) is 10.6 Å². The number of pyridine rings is 1. The molecule has 0 saturated heterocycles. The van der Waals surface area contributed by atoms with Gasteiger partial charge in [0.25, 0.3) is 0 Å². The summed E-state index contributed by atoms with van der Waals surface area (Å²) in [7, 11) is 0. The summed E-state index contributed by atoms with van der Waals surface area (Å²) in [6, 6.07) is 3.68. The molecule has 1 fully saturated rings. The summed E-state index contributed by atoms with van der Waals surface area (Å²) in [5, 5.41) is 4.10. The molecule has 88 valence electrons.